The third-order valence-electron chi connectivity index (χ3n) is 2.98. The Labute approximate surface area is 80.4 Å². The van der Waals surface area contributed by atoms with Gasteiger partial charge in [0, 0.05) is 45.3 Å². The van der Waals surface area contributed by atoms with E-state index in [1.165, 1.54) is 26.2 Å². The number of nitrogens with zero attached hydrogens (tertiary/aromatic N) is 2. The molecule has 13 heavy (non-hydrogen) atoms. The zero-order valence-corrected chi connectivity index (χ0v) is 8.37. The van der Waals surface area contributed by atoms with Gasteiger partial charge >= 0.3 is 0 Å². The highest BCUT2D eigenvalue weighted by molar-refractivity contribution is 5.01. The van der Waals surface area contributed by atoms with E-state index in [1.807, 2.05) is 0 Å². The van der Waals surface area contributed by atoms with E-state index in [2.05, 4.69) is 34.3 Å². The first kappa shape index (κ1) is 9.19. The Morgan fingerprint density at radius 2 is 2.00 bits per heavy atom. The lowest BCUT2D eigenvalue weighted by Gasteiger charge is -2.37. The second kappa shape index (κ2) is 4.22. The molecule has 0 spiro atoms. The molecule has 0 radical (unpaired) electrons. The van der Waals surface area contributed by atoms with Crippen molar-refractivity contribution in [3.8, 4) is 0 Å². The molecule has 2 rings (SSSR count). The average Bonchev–Trinajstić information content (AvgIpc) is 2.20. The van der Waals surface area contributed by atoms with Gasteiger partial charge in [0.2, 0.25) is 0 Å². The zero-order valence-electron chi connectivity index (χ0n) is 8.37. The summed E-state index contributed by atoms with van der Waals surface area (Å²) in [7, 11) is 2.20. The molecule has 1 unspecified atom stereocenters. The summed E-state index contributed by atoms with van der Waals surface area (Å²) in [6, 6.07) is 0.641. The molecule has 2 aliphatic rings. The van der Waals surface area contributed by atoms with Crippen molar-refractivity contribution in [2.75, 3.05) is 46.3 Å². The van der Waals surface area contributed by atoms with Crippen LogP contribution in [-0.2, 0) is 0 Å². The summed E-state index contributed by atoms with van der Waals surface area (Å²) in [4.78, 5) is 4.97. The number of hydrogen-bond acceptors (Lipinski definition) is 3. The molecule has 0 amide bonds. The standard InChI is InChI=1S/C10H19N3/c1-12-5-7-13(8-6-12)10-3-2-4-11-9-10/h2-3,10-11H,4-9H2,1H3. The highest BCUT2D eigenvalue weighted by Crippen LogP contribution is 2.07. The van der Waals surface area contributed by atoms with Crippen molar-refractivity contribution in [1.82, 2.24) is 15.1 Å². The van der Waals surface area contributed by atoms with E-state index in [-0.39, 0.29) is 0 Å². The summed E-state index contributed by atoms with van der Waals surface area (Å²) in [5.74, 6) is 0. The van der Waals surface area contributed by atoms with E-state index in [0.29, 0.717) is 6.04 Å². The van der Waals surface area contributed by atoms with Crippen LogP contribution in [-0.4, -0.2) is 62.2 Å². The Morgan fingerprint density at radius 1 is 1.23 bits per heavy atom. The highest BCUT2D eigenvalue weighted by Gasteiger charge is 2.20. The topological polar surface area (TPSA) is 18.5 Å². The molecular formula is C10H19N3. The van der Waals surface area contributed by atoms with E-state index >= 15 is 0 Å². The fourth-order valence-electron chi connectivity index (χ4n) is 2.01. The van der Waals surface area contributed by atoms with Gasteiger partial charge in [-0.25, -0.2) is 0 Å². The Hall–Kier alpha value is -0.380. The van der Waals surface area contributed by atoms with Gasteiger partial charge in [0.1, 0.15) is 0 Å². The third-order valence-corrected chi connectivity index (χ3v) is 2.98. The minimum absolute atomic E-state index is 0.641. The Balaban J connectivity index is 1.86. The lowest BCUT2D eigenvalue weighted by Crippen LogP contribution is -2.52. The predicted octanol–water partition coefficient (Wildman–Crippen LogP) is -0.238. The van der Waals surface area contributed by atoms with Crippen LogP contribution in [0.5, 0.6) is 0 Å². The van der Waals surface area contributed by atoms with Gasteiger partial charge < -0.3 is 10.2 Å². The van der Waals surface area contributed by atoms with Crippen molar-refractivity contribution in [2.24, 2.45) is 0 Å². The van der Waals surface area contributed by atoms with Crippen LogP contribution in [0.25, 0.3) is 0 Å². The molecule has 1 N–H and O–H groups in total. The maximum absolute atomic E-state index is 3.40. The summed E-state index contributed by atoms with van der Waals surface area (Å²) in [6.45, 7) is 7.03. The second-order valence-electron chi connectivity index (χ2n) is 3.99. The molecular weight excluding hydrogens is 162 g/mol. The average molecular weight is 181 g/mol. The second-order valence-corrected chi connectivity index (χ2v) is 3.99. The van der Waals surface area contributed by atoms with E-state index in [4.69, 9.17) is 0 Å². The van der Waals surface area contributed by atoms with Gasteiger partial charge in [-0.15, -0.1) is 0 Å². The fourth-order valence-corrected chi connectivity index (χ4v) is 2.01. The Bertz CT molecular complexity index is 183. The zero-order chi connectivity index (χ0) is 9.10. The van der Waals surface area contributed by atoms with Crippen LogP contribution >= 0.6 is 0 Å². The van der Waals surface area contributed by atoms with Crippen LogP contribution < -0.4 is 5.32 Å². The van der Waals surface area contributed by atoms with E-state index in [9.17, 15) is 0 Å². The van der Waals surface area contributed by atoms with Crippen molar-refractivity contribution in [3.05, 3.63) is 12.2 Å². The van der Waals surface area contributed by atoms with Gasteiger partial charge in [0.15, 0.2) is 0 Å². The summed E-state index contributed by atoms with van der Waals surface area (Å²) in [6.07, 6.45) is 4.59. The van der Waals surface area contributed by atoms with Gasteiger partial charge in [0.25, 0.3) is 0 Å². The van der Waals surface area contributed by atoms with Gasteiger partial charge in [-0.05, 0) is 7.05 Å². The van der Waals surface area contributed by atoms with Crippen LogP contribution in [0.15, 0.2) is 12.2 Å². The lowest BCUT2D eigenvalue weighted by molar-refractivity contribution is 0.127. The molecule has 2 aliphatic heterocycles. The molecule has 0 saturated carbocycles. The van der Waals surface area contributed by atoms with Crippen molar-refractivity contribution < 1.29 is 0 Å². The smallest absolute Gasteiger partial charge is 0.0404 e. The molecule has 1 fully saturated rings. The normalized spacial score (nSPS) is 32.2. The van der Waals surface area contributed by atoms with Crippen molar-refractivity contribution >= 4 is 0 Å². The summed E-state index contributed by atoms with van der Waals surface area (Å²) in [5, 5.41) is 3.40. The van der Waals surface area contributed by atoms with Crippen LogP contribution in [0, 0.1) is 0 Å². The van der Waals surface area contributed by atoms with Crippen LogP contribution in [0.4, 0.5) is 0 Å². The molecule has 3 heteroatoms. The van der Waals surface area contributed by atoms with E-state index in [1.54, 1.807) is 0 Å². The van der Waals surface area contributed by atoms with Crippen LogP contribution in [0.2, 0.25) is 0 Å². The summed E-state index contributed by atoms with van der Waals surface area (Å²) in [5.41, 5.74) is 0. The van der Waals surface area contributed by atoms with Gasteiger partial charge in [-0.3, -0.25) is 4.90 Å². The largest absolute Gasteiger partial charge is 0.311 e. The molecule has 3 nitrogen and oxygen atoms in total. The van der Waals surface area contributed by atoms with Gasteiger partial charge in [-0.2, -0.15) is 0 Å². The molecule has 0 aromatic rings. The number of rotatable bonds is 1. The molecule has 1 saturated heterocycles. The number of nitrogens with one attached hydrogen (secondary N) is 1. The SMILES string of the molecule is CN1CCN(C2C=CCNC2)CC1. The van der Waals surface area contributed by atoms with Crippen LogP contribution in [0.3, 0.4) is 0 Å². The number of piperazine rings is 1. The van der Waals surface area contributed by atoms with E-state index in [0.717, 1.165) is 13.1 Å². The highest BCUT2D eigenvalue weighted by atomic mass is 15.3. The summed E-state index contributed by atoms with van der Waals surface area (Å²) < 4.78 is 0. The monoisotopic (exact) mass is 181 g/mol. The first-order valence-corrected chi connectivity index (χ1v) is 5.16. The van der Waals surface area contributed by atoms with Crippen LogP contribution in [0.1, 0.15) is 0 Å². The molecule has 2 heterocycles. The number of hydrogen-bond donors (Lipinski definition) is 1. The van der Waals surface area contributed by atoms with Crippen molar-refractivity contribution in [3.63, 3.8) is 0 Å². The number of likely N-dealkylation sites (N-methyl/N-ethyl adjacent to an activating group) is 1. The maximum atomic E-state index is 3.40. The lowest BCUT2D eigenvalue weighted by atomic mass is 10.1. The molecule has 74 valence electrons. The molecule has 1 atom stereocenters. The molecule has 0 aliphatic carbocycles. The fraction of sp³-hybridized carbons (Fsp3) is 0.800. The third kappa shape index (κ3) is 2.30. The Kier molecular flexibility index (Phi) is 2.98. The quantitative estimate of drug-likeness (QED) is 0.563. The Morgan fingerprint density at radius 3 is 2.62 bits per heavy atom. The molecule has 0 aromatic heterocycles. The predicted molar refractivity (Wildman–Crippen MR) is 54.9 cm³/mol. The summed E-state index contributed by atoms with van der Waals surface area (Å²) >= 11 is 0. The maximum Gasteiger partial charge on any atom is 0.0404 e. The molecule has 0 bridgehead atoms. The van der Waals surface area contributed by atoms with Crippen molar-refractivity contribution in [2.45, 2.75) is 6.04 Å². The van der Waals surface area contributed by atoms with Gasteiger partial charge in [-0.1, -0.05) is 12.2 Å². The van der Waals surface area contributed by atoms with Gasteiger partial charge in [0.05, 0.1) is 0 Å². The minimum Gasteiger partial charge on any atom is -0.311 e. The minimum atomic E-state index is 0.641. The van der Waals surface area contributed by atoms with E-state index < -0.39 is 0 Å². The first-order chi connectivity index (χ1) is 6.36. The molecule has 0 aromatic carbocycles. The van der Waals surface area contributed by atoms with Crippen molar-refractivity contribution in [1.29, 1.82) is 0 Å². The first-order valence-electron chi connectivity index (χ1n) is 5.16.